The van der Waals surface area contributed by atoms with E-state index < -0.39 is 0 Å². The van der Waals surface area contributed by atoms with Gasteiger partial charge in [-0.2, -0.15) is 4.57 Å². The first kappa shape index (κ1) is 10.5. The minimum absolute atomic E-state index is 0. The van der Waals surface area contributed by atoms with Crippen LogP contribution in [0.25, 0.3) is 0 Å². The minimum Gasteiger partial charge on any atom is -1.00 e. The Morgan fingerprint density at radius 1 is 1.64 bits per heavy atom. The van der Waals surface area contributed by atoms with Crippen LogP contribution in [0.15, 0.2) is 29.0 Å². The molecule has 1 heterocycles. The fourth-order valence-corrected chi connectivity index (χ4v) is 1.11. The van der Waals surface area contributed by atoms with Crippen molar-refractivity contribution in [3.05, 3.63) is 29.0 Å². The standard InChI is InChI=1S/C8H7BrN.ClH/c1-2-5-10-6-3-4-8(9)7-10;/h1,3-4,6-7H,5H2;1H/q+1;/p-1. The molecule has 0 aromatic carbocycles. The lowest BCUT2D eigenvalue weighted by Crippen LogP contribution is -3.00. The predicted molar refractivity (Wildman–Crippen MR) is 43.2 cm³/mol. The summed E-state index contributed by atoms with van der Waals surface area (Å²) in [5.41, 5.74) is 0. The molecule has 3 heteroatoms. The molecule has 0 atom stereocenters. The van der Waals surface area contributed by atoms with Crippen molar-refractivity contribution in [1.29, 1.82) is 0 Å². The van der Waals surface area contributed by atoms with Crippen LogP contribution in [-0.4, -0.2) is 0 Å². The van der Waals surface area contributed by atoms with Crippen LogP contribution in [0.5, 0.6) is 0 Å². The Bertz CT molecular complexity index is 267. The van der Waals surface area contributed by atoms with Gasteiger partial charge in [-0.05, 0) is 27.9 Å². The molecule has 0 aliphatic heterocycles. The van der Waals surface area contributed by atoms with Gasteiger partial charge in [-0.25, -0.2) is 0 Å². The van der Waals surface area contributed by atoms with Crippen LogP contribution in [0, 0.1) is 12.3 Å². The molecular formula is C8H7BrClN. The fraction of sp³-hybridized carbons (Fsp3) is 0.125. The maximum atomic E-state index is 5.12. The normalized spacial score (nSPS) is 8.00. The largest absolute Gasteiger partial charge is 1.00 e. The highest BCUT2D eigenvalue weighted by molar-refractivity contribution is 9.10. The molecule has 0 saturated carbocycles. The highest BCUT2D eigenvalue weighted by Gasteiger charge is 1.95. The molecule has 0 fully saturated rings. The van der Waals surface area contributed by atoms with Gasteiger partial charge in [0.2, 0.25) is 6.54 Å². The van der Waals surface area contributed by atoms with Gasteiger partial charge in [0.15, 0.2) is 12.4 Å². The highest BCUT2D eigenvalue weighted by atomic mass is 79.9. The zero-order valence-electron chi connectivity index (χ0n) is 5.80. The number of pyridine rings is 1. The van der Waals surface area contributed by atoms with Gasteiger partial charge in [0.05, 0.1) is 4.47 Å². The molecule has 0 radical (unpaired) electrons. The van der Waals surface area contributed by atoms with Gasteiger partial charge in [0.1, 0.15) is 0 Å². The van der Waals surface area contributed by atoms with Crippen LogP contribution in [-0.2, 0) is 6.54 Å². The number of terminal acetylenes is 1. The lowest BCUT2D eigenvalue weighted by molar-refractivity contribution is -0.685. The number of rotatable bonds is 1. The Morgan fingerprint density at radius 3 is 2.91 bits per heavy atom. The summed E-state index contributed by atoms with van der Waals surface area (Å²) in [5, 5.41) is 0. The summed E-state index contributed by atoms with van der Waals surface area (Å²) in [6.45, 7) is 0.624. The van der Waals surface area contributed by atoms with Gasteiger partial charge in [-0.1, -0.05) is 0 Å². The van der Waals surface area contributed by atoms with Crippen molar-refractivity contribution in [2.45, 2.75) is 6.54 Å². The molecule has 11 heavy (non-hydrogen) atoms. The van der Waals surface area contributed by atoms with E-state index in [-0.39, 0.29) is 12.4 Å². The van der Waals surface area contributed by atoms with Gasteiger partial charge in [-0.15, -0.1) is 6.42 Å². The number of hydrogen-bond donors (Lipinski definition) is 0. The second kappa shape index (κ2) is 5.17. The average Bonchev–Trinajstić information content (AvgIpc) is 1.88. The van der Waals surface area contributed by atoms with Crippen molar-refractivity contribution in [2.24, 2.45) is 0 Å². The maximum Gasteiger partial charge on any atom is 0.208 e. The topological polar surface area (TPSA) is 3.88 Å². The third-order valence-electron chi connectivity index (χ3n) is 1.10. The van der Waals surface area contributed by atoms with E-state index in [0.29, 0.717) is 6.54 Å². The first-order valence-electron chi connectivity index (χ1n) is 2.91. The average molecular weight is 233 g/mol. The molecule has 0 unspecified atom stereocenters. The maximum absolute atomic E-state index is 5.12. The van der Waals surface area contributed by atoms with Gasteiger partial charge in [-0.3, -0.25) is 0 Å². The zero-order chi connectivity index (χ0) is 7.40. The predicted octanol–water partition coefficient (Wildman–Crippen LogP) is -1.63. The van der Waals surface area contributed by atoms with E-state index in [9.17, 15) is 0 Å². The van der Waals surface area contributed by atoms with E-state index in [4.69, 9.17) is 6.42 Å². The molecule has 1 nitrogen and oxygen atoms in total. The Balaban J connectivity index is 0.000001000. The molecule has 0 aliphatic carbocycles. The summed E-state index contributed by atoms with van der Waals surface area (Å²) in [6, 6.07) is 3.91. The minimum atomic E-state index is 0. The van der Waals surface area contributed by atoms with Gasteiger partial charge >= 0.3 is 0 Å². The van der Waals surface area contributed by atoms with Crippen LogP contribution in [0.2, 0.25) is 0 Å². The molecule has 0 amide bonds. The second-order valence-corrected chi connectivity index (χ2v) is 2.81. The van der Waals surface area contributed by atoms with Crippen molar-refractivity contribution >= 4 is 15.9 Å². The molecule has 1 rings (SSSR count). The van der Waals surface area contributed by atoms with Crippen molar-refractivity contribution in [3.63, 3.8) is 0 Å². The van der Waals surface area contributed by atoms with E-state index >= 15 is 0 Å². The summed E-state index contributed by atoms with van der Waals surface area (Å²) < 4.78 is 2.98. The molecule has 1 aromatic heterocycles. The van der Waals surface area contributed by atoms with E-state index in [1.54, 1.807) is 0 Å². The third-order valence-corrected chi connectivity index (χ3v) is 1.57. The van der Waals surface area contributed by atoms with Crippen molar-refractivity contribution in [3.8, 4) is 12.3 Å². The Labute approximate surface area is 81.0 Å². The summed E-state index contributed by atoms with van der Waals surface area (Å²) in [7, 11) is 0. The van der Waals surface area contributed by atoms with Crippen LogP contribution >= 0.6 is 15.9 Å². The van der Waals surface area contributed by atoms with E-state index in [1.807, 2.05) is 29.1 Å². The van der Waals surface area contributed by atoms with Crippen molar-refractivity contribution in [1.82, 2.24) is 0 Å². The number of nitrogens with zero attached hydrogens (tertiary/aromatic N) is 1. The molecule has 0 spiro atoms. The lowest BCUT2D eigenvalue weighted by Gasteiger charge is -1.88. The molecule has 0 bridgehead atoms. The van der Waals surface area contributed by atoms with Crippen molar-refractivity contribution in [2.75, 3.05) is 0 Å². The van der Waals surface area contributed by atoms with Gasteiger partial charge < -0.3 is 12.4 Å². The summed E-state index contributed by atoms with van der Waals surface area (Å²) >= 11 is 3.34. The molecule has 0 aliphatic rings. The van der Waals surface area contributed by atoms with Crippen LogP contribution in [0.1, 0.15) is 0 Å². The number of hydrogen-bond acceptors (Lipinski definition) is 0. The first-order valence-corrected chi connectivity index (χ1v) is 3.70. The number of aromatic nitrogens is 1. The SMILES string of the molecule is C#CC[n+]1cccc(Br)c1.[Cl-]. The third kappa shape index (κ3) is 3.41. The lowest BCUT2D eigenvalue weighted by atomic mass is 10.5. The van der Waals surface area contributed by atoms with E-state index in [1.165, 1.54) is 0 Å². The van der Waals surface area contributed by atoms with Crippen LogP contribution in [0.3, 0.4) is 0 Å². The summed E-state index contributed by atoms with van der Waals surface area (Å²) in [5.74, 6) is 2.55. The fourth-order valence-electron chi connectivity index (χ4n) is 0.694. The monoisotopic (exact) mass is 231 g/mol. The zero-order valence-corrected chi connectivity index (χ0v) is 8.14. The Hall–Kier alpha value is -0.520. The first-order chi connectivity index (χ1) is 4.83. The molecule has 0 N–H and O–H groups in total. The molecule has 1 aromatic rings. The smallest absolute Gasteiger partial charge is 0.208 e. The highest BCUT2D eigenvalue weighted by Crippen LogP contribution is 2.02. The van der Waals surface area contributed by atoms with E-state index in [0.717, 1.165) is 4.47 Å². The molecule has 58 valence electrons. The van der Waals surface area contributed by atoms with Gasteiger partial charge in [0.25, 0.3) is 0 Å². The summed E-state index contributed by atoms with van der Waals surface area (Å²) in [6.07, 6.45) is 9.00. The second-order valence-electron chi connectivity index (χ2n) is 1.90. The molecule has 0 saturated heterocycles. The Kier molecular flexibility index (Phi) is 4.93. The van der Waals surface area contributed by atoms with Crippen molar-refractivity contribution < 1.29 is 17.0 Å². The van der Waals surface area contributed by atoms with Crippen LogP contribution < -0.4 is 17.0 Å². The number of halogens is 2. The Morgan fingerprint density at radius 2 is 2.36 bits per heavy atom. The van der Waals surface area contributed by atoms with Crippen LogP contribution in [0.4, 0.5) is 0 Å². The van der Waals surface area contributed by atoms with E-state index in [2.05, 4.69) is 21.9 Å². The summed E-state index contributed by atoms with van der Waals surface area (Å²) in [4.78, 5) is 0. The van der Waals surface area contributed by atoms with Gasteiger partial charge in [0, 0.05) is 6.07 Å². The quantitative estimate of drug-likeness (QED) is 0.405. The molecular weight excluding hydrogens is 225 g/mol.